The van der Waals surface area contributed by atoms with Gasteiger partial charge in [-0.15, -0.1) is 0 Å². The quantitative estimate of drug-likeness (QED) is 0.652. The standard InChI is InChI=1S/C25H25NO4/c1-2-29-24(25(27)28)17-18-11-13-19(14-12-18)30-16-15-26-22-9-5-3-7-20(22)21-8-4-6-10-23(21)26/h3-5,7-14,24H,2,6,15-17H2,1H3/p+1/t24-/m0/s1. The summed E-state index contributed by atoms with van der Waals surface area (Å²) in [5.41, 5.74) is 3.45. The molecule has 0 radical (unpaired) electrons. The lowest BCUT2D eigenvalue weighted by molar-refractivity contribution is -0.149. The molecule has 2 aromatic rings. The maximum atomic E-state index is 11.3. The summed E-state index contributed by atoms with van der Waals surface area (Å²) in [6.07, 6.45) is 7.14. The molecule has 4 rings (SSSR count). The van der Waals surface area contributed by atoms with E-state index in [1.807, 2.05) is 24.3 Å². The second-order valence-electron chi connectivity index (χ2n) is 7.29. The Kier molecular flexibility index (Phi) is 6.10. The minimum absolute atomic E-state index is 0.342. The third kappa shape index (κ3) is 4.21. The van der Waals surface area contributed by atoms with Crippen LogP contribution in [-0.4, -0.2) is 36.9 Å². The fourth-order valence-corrected chi connectivity index (χ4v) is 3.96. The van der Waals surface area contributed by atoms with Crippen LogP contribution in [0.1, 0.15) is 18.9 Å². The van der Waals surface area contributed by atoms with Crippen LogP contribution in [0.4, 0.5) is 0 Å². The number of carboxylic acid groups (broad SMARTS) is 1. The molecule has 0 saturated heterocycles. The number of para-hydroxylation sites is 1. The van der Waals surface area contributed by atoms with Crippen molar-refractivity contribution in [2.75, 3.05) is 19.8 Å². The van der Waals surface area contributed by atoms with Crippen molar-refractivity contribution in [2.45, 2.75) is 25.9 Å². The van der Waals surface area contributed by atoms with Crippen molar-refractivity contribution in [3.05, 3.63) is 88.6 Å². The van der Waals surface area contributed by atoms with Gasteiger partial charge in [-0.25, -0.2) is 4.79 Å². The molecule has 0 saturated carbocycles. The molecule has 1 heterocycles. The van der Waals surface area contributed by atoms with E-state index < -0.39 is 12.1 Å². The number of hydrogen-bond donors (Lipinski definition) is 1. The number of fused-ring (bicyclic) bond motifs is 2. The summed E-state index contributed by atoms with van der Waals surface area (Å²) in [6, 6.07) is 16.0. The smallest absolute Gasteiger partial charge is 0.333 e. The molecule has 30 heavy (non-hydrogen) atoms. The van der Waals surface area contributed by atoms with Gasteiger partial charge in [0.05, 0.1) is 10.8 Å². The first-order valence-corrected chi connectivity index (χ1v) is 10.3. The molecule has 0 amide bonds. The van der Waals surface area contributed by atoms with E-state index in [0.717, 1.165) is 24.3 Å². The van der Waals surface area contributed by atoms with Crippen LogP contribution in [0, 0.1) is 0 Å². The molecule has 1 N–H and O–H groups in total. The number of nitrogens with zero attached hydrogens (tertiary/aromatic N) is 1. The van der Waals surface area contributed by atoms with E-state index in [4.69, 9.17) is 9.47 Å². The molecule has 5 nitrogen and oxygen atoms in total. The Bertz CT molecular complexity index is 1110. The van der Waals surface area contributed by atoms with Gasteiger partial charge in [-0.1, -0.05) is 36.4 Å². The Balaban J connectivity index is 1.41. The summed E-state index contributed by atoms with van der Waals surface area (Å²) in [4.78, 5) is 11.3. The zero-order valence-corrected chi connectivity index (χ0v) is 17.1. The number of ether oxygens (including phenoxy) is 2. The largest absolute Gasteiger partial charge is 0.487 e. The van der Waals surface area contributed by atoms with E-state index in [1.165, 1.54) is 21.8 Å². The zero-order valence-electron chi connectivity index (χ0n) is 17.1. The van der Waals surface area contributed by atoms with E-state index in [9.17, 15) is 9.90 Å². The molecule has 5 heteroatoms. The minimum atomic E-state index is -0.939. The summed E-state index contributed by atoms with van der Waals surface area (Å²) in [7, 11) is 0. The summed E-state index contributed by atoms with van der Waals surface area (Å²) in [5.74, 6) is -0.164. The number of allylic oxidation sites excluding steroid dienone is 3. The Morgan fingerprint density at radius 2 is 1.97 bits per heavy atom. The lowest BCUT2D eigenvalue weighted by atomic mass is 10.0. The molecular weight excluding hydrogens is 378 g/mol. The van der Waals surface area contributed by atoms with Crippen molar-refractivity contribution in [3.8, 4) is 5.75 Å². The van der Waals surface area contributed by atoms with Gasteiger partial charge in [0, 0.05) is 19.1 Å². The van der Waals surface area contributed by atoms with Crippen molar-refractivity contribution in [3.63, 3.8) is 0 Å². The van der Waals surface area contributed by atoms with Crippen molar-refractivity contribution in [1.29, 1.82) is 0 Å². The second kappa shape index (κ2) is 9.09. The number of hydrogen-bond acceptors (Lipinski definition) is 3. The van der Waals surface area contributed by atoms with Gasteiger partial charge in [0.25, 0.3) is 0 Å². The first kappa shape index (κ1) is 20.1. The van der Waals surface area contributed by atoms with Crippen molar-refractivity contribution in [2.24, 2.45) is 0 Å². The van der Waals surface area contributed by atoms with Gasteiger partial charge in [-0.2, -0.15) is 4.58 Å². The van der Waals surface area contributed by atoms with Gasteiger partial charge in [-0.3, -0.25) is 0 Å². The molecule has 1 aliphatic heterocycles. The molecule has 0 unspecified atom stereocenters. The molecule has 0 bridgehead atoms. The molecule has 2 aromatic carbocycles. The molecule has 0 fully saturated rings. The topological polar surface area (TPSA) is 58.8 Å². The summed E-state index contributed by atoms with van der Waals surface area (Å²) < 4.78 is 13.6. The summed E-state index contributed by atoms with van der Waals surface area (Å²) in [5, 5.41) is 11.7. The van der Waals surface area contributed by atoms with Gasteiger partial charge in [-0.05, 0) is 43.2 Å². The molecule has 0 spiro atoms. The Hall–Kier alpha value is -3.18. The minimum Gasteiger partial charge on any atom is -0.487 e. The SMILES string of the molecule is CCO[C@@H](Cc1ccc(OCC[N+]2=c3ccccc3=C3C=CCC=C32)cc1)C(=O)O. The Morgan fingerprint density at radius 3 is 2.73 bits per heavy atom. The van der Waals surface area contributed by atoms with Crippen LogP contribution in [-0.2, 0) is 16.0 Å². The van der Waals surface area contributed by atoms with E-state index >= 15 is 0 Å². The van der Waals surface area contributed by atoms with Crippen LogP contribution in [0.15, 0.2) is 72.5 Å². The first-order valence-electron chi connectivity index (χ1n) is 10.3. The number of carbonyl (C=O) groups is 1. The van der Waals surface area contributed by atoms with Gasteiger partial charge >= 0.3 is 5.97 Å². The van der Waals surface area contributed by atoms with Crippen molar-refractivity contribution in [1.82, 2.24) is 4.58 Å². The van der Waals surface area contributed by atoms with Gasteiger partial charge in [0.2, 0.25) is 11.1 Å². The summed E-state index contributed by atoms with van der Waals surface area (Å²) in [6.45, 7) is 3.49. The number of rotatable bonds is 9. The van der Waals surface area contributed by atoms with E-state index in [0.29, 0.717) is 19.6 Å². The predicted molar refractivity (Wildman–Crippen MR) is 116 cm³/mol. The average Bonchev–Trinajstić information content (AvgIpc) is 3.09. The van der Waals surface area contributed by atoms with Gasteiger partial charge < -0.3 is 14.6 Å². The van der Waals surface area contributed by atoms with Crippen LogP contribution in [0.2, 0.25) is 0 Å². The molecule has 0 aromatic heterocycles. The number of carboxylic acids is 1. The summed E-state index contributed by atoms with van der Waals surface area (Å²) >= 11 is 0. The number of aliphatic carboxylic acids is 1. The lowest BCUT2D eigenvalue weighted by Gasteiger charge is -2.13. The number of benzene rings is 2. The highest BCUT2D eigenvalue weighted by atomic mass is 16.5. The fraction of sp³-hybridized carbons (Fsp3) is 0.280. The van der Waals surface area contributed by atoms with E-state index in [2.05, 4.69) is 47.1 Å². The highest BCUT2D eigenvalue weighted by Gasteiger charge is 2.26. The molecule has 1 aliphatic carbocycles. The van der Waals surface area contributed by atoms with Crippen LogP contribution in [0.5, 0.6) is 5.75 Å². The van der Waals surface area contributed by atoms with Crippen molar-refractivity contribution < 1.29 is 19.4 Å². The first-order chi connectivity index (χ1) is 14.7. The molecule has 1 atom stereocenters. The monoisotopic (exact) mass is 404 g/mol. The third-order valence-corrected chi connectivity index (χ3v) is 5.35. The molecule has 2 aliphatic rings. The van der Waals surface area contributed by atoms with Crippen LogP contribution >= 0.6 is 0 Å². The molecule has 154 valence electrons. The highest BCUT2D eigenvalue weighted by Crippen LogP contribution is 2.20. The van der Waals surface area contributed by atoms with Crippen LogP contribution < -0.4 is 19.9 Å². The third-order valence-electron chi connectivity index (χ3n) is 5.35. The van der Waals surface area contributed by atoms with Crippen molar-refractivity contribution >= 4 is 11.5 Å². The second-order valence-corrected chi connectivity index (χ2v) is 7.29. The van der Waals surface area contributed by atoms with Gasteiger partial charge in [0.1, 0.15) is 12.4 Å². The zero-order chi connectivity index (χ0) is 20.9. The van der Waals surface area contributed by atoms with E-state index in [-0.39, 0.29) is 0 Å². The van der Waals surface area contributed by atoms with Crippen LogP contribution in [0.3, 0.4) is 0 Å². The van der Waals surface area contributed by atoms with Gasteiger partial charge in [0.15, 0.2) is 12.6 Å². The Labute approximate surface area is 175 Å². The average molecular weight is 404 g/mol. The normalized spacial score (nSPS) is 15.4. The fourth-order valence-electron chi connectivity index (χ4n) is 3.96. The maximum Gasteiger partial charge on any atom is 0.333 e. The lowest BCUT2D eigenvalue weighted by Crippen LogP contribution is -2.35. The Morgan fingerprint density at radius 1 is 1.17 bits per heavy atom. The highest BCUT2D eigenvalue weighted by molar-refractivity contribution is 5.75. The van der Waals surface area contributed by atoms with E-state index in [1.54, 1.807) is 6.92 Å². The molecular formula is C25H26NO4+. The van der Waals surface area contributed by atoms with Crippen LogP contribution in [0.25, 0.3) is 5.57 Å². The predicted octanol–water partition coefficient (Wildman–Crippen LogP) is 2.30. The maximum absolute atomic E-state index is 11.3.